The minimum Gasteiger partial charge on any atom is -0.330 e. The van der Waals surface area contributed by atoms with Crippen LogP contribution in [0.4, 0.5) is 0 Å². The zero-order valence-corrected chi connectivity index (χ0v) is 9.39. The standard InChI is InChI=1S/C11H14BrN/c1-8-3-4-10(11(12)7-8)9(2)5-6-13/h3-4,7H,2,5-6,13H2,1H3. The fraction of sp³-hybridized carbons (Fsp3) is 0.273. The largest absolute Gasteiger partial charge is 0.330 e. The minimum atomic E-state index is 0.652. The molecule has 0 aliphatic rings. The molecular formula is C11H14BrN. The summed E-state index contributed by atoms with van der Waals surface area (Å²) in [5.74, 6) is 0. The van der Waals surface area contributed by atoms with Gasteiger partial charge in [-0.15, -0.1) is 0 Å². The molecule has 70 valence electrons. The Bertz CT molecular complexity index is 318. The van der Waals surface area contributed by atoms with E-state index in [1.54, 1.807) is 0 Å². The van der Waals surface area contributed by atoms with Crippen LogP contribution in [0.5, 0.6) is 0 Å². The van der Waals surface area contributed by atoms with Gasteiger partial charge >= 0.3 is 0 Å². The van der Waals surface area contributed by atoms with Crippen LogP contribution in [0.15, 0.2) is 29.3 Å². The van der Waals surface area contributed by atoms with E-state index in [9.17, 15) is 0 Å². The molecule has 0 amide bonds. The lowest BCUT2D eigenvalue weighted by Gasteiger charge is -2.07. The first-order chi connectivity index (χ1) is 6.15. The van der Waals surface area contributed by atoms with Crippen molar-refractivity contribution in [3.05, 3.63) is 40.4 Å². The molecule has 0 radical (unpaired) electrons. The van der Waals surface area contributed by atoms with Gasteiger partial charge in [0, 0.05) is 4.47 Å². The van der Waals surface area contributed by atoms with Crippen molar-refractivity contribution >= 4 is 21.5 Å². The van der Waals surface area contributed by atoms with Crippen LogP contribution in [0.3, 0.4) is 0 Å². The van der Waals surface area contributed by atoms with Crippen LogP contribution in [0.25, 0.3) is 5.57 Å². The van der Waals surface area contributed by atoms with Gasteiger partial charge in [-0.1, -0.05) is 34.6 Å². The first-order valence-corrected chi connectivity index (χ1v) is 5.09. The van der Waals surface area contributed by atoms with Crippen molar-refractivity contribution in [2.45, 2.75) is 13.3 Å². The predicted octanol–water partition coefficient (Wildman–Crippen LogP) is 3.12. The number of nitrogens with two attached hydrogens (primary N) is 1. The van der Waals surface area contributed by atoms with Crippen molar-refractivity contribution in [3.8, 4) is 0 Å². The summed E-state index contributed by atoms with van der Waals surface area (Å²) in [5, 5.41) is 0. The monoisotopic (exact) mass is 239 g/mol. The van der Waals surface area contributed by atoms with E-state index >= 15 is 0 Å². The second-order valence-electron chi connectivity index (χ2n) is 3.13. The summed E-state index contributed by atoms with van der Waals surface area (Å²) < 4.78 is 1.10. The molecule has 0 spiro atoms. The van der Waals surface area contributed by atoms with Crippen molar-refractivity contribution in [1.82, 2.24) is 0 Å². The summed E-state index contributed by atoms with van der Waals surface area (Å²) >= 11 is 3.52. The lowest BCUT2D eigenvalue weighted by atomic mass is 10.0. The van der Waals surface area contributed by atoms with Crippen molar-refractivity contribution in [1.29, 1.82) is 0 Å². The molecular weight excluding hydrogens is 226 g/mol. The lowest BCUT2D eigenvalue weighted by molar-refractivity contribution is 1.02. The summed E-state index contributed by atoms with van der Waals surface area (Å²) in [4.78, 5) is 0. The first-order valence-electron chi connectivity index (χ1n) is 4.29. The highest BCUT2D eigenvalue weighted by molar-refractivity contribution is 9.10. The summed E-state index contributed by atoms with van der Waals surface area (Å²) in [7, 11) is 0. The number of hydrogen-bond donors (Lipinski definition) is 1. The Balaban J connectivity index is 2.95. The topological polar surface area (TPSA) is 26.0 Å². The van der Waals surface area contributed by atoms with Crippen molar-refractivity contribution in [3.63, 3.8) is 0 Å². The summed E-state index contributed by atoms with van der Waals surface area (Å²) in [6.07, 6.45) is 0.849. The fourth-order valence-corrected chi connectivity index (χ4v) is 1.99. The summed E-state index contributed by atoms with van der Waals surface area (Å²) in [6, 6.07) is 6.26. The van der Waals surface area contributed by atoms with Gasteiger partial charge < -0.3 is 5.73 Å². The van der Waals surface area contributed by atoms with E-state index in [1.165, 1.54) is 5.56 Å². The van der Waals surface area contributed by atoms with E-state index in [0.29, 0.717) is 6.54 Å². The smallest absolute Gasteiger partial charge is 0.0252 e. The third-order valence-corrected chi connectivity index (χ3v) is 2.61. The summed E-state index contributed by atoms with van der Waals surface area (Å²) in [6.45, 7) is 6.72. The van der Waals surface area contributed by atoms with Gasteiger partial charge in [0.25, 0.3) is 0 Å². The van der Waals surface area contributed by atoms with Crippen LogP contribution < -0.4 is 5.73 Å². The number of benzene rings is 1. The molecule has 1 aromatic carbocycles. The molecule has 1 nitrogen and oxygen atoms in total. The van der Waals surface area contributed by atoms with E-state index in [-0.39, 0.29) is 0 Å². The lowest BCUT2D eigenvalue weighted by Crippen LogP contribution is -1.99. The van der Waals surface area contributed by atoms with Crippen molar-refractivity contribution in [2.24, 2.45) is 5.73 Å². The highest BCUT2D eigenvalue weighted by Crippen LogP contribution is 2.25. The predicted molar refractivity (Wildman–Crippen MR) is 61.6 cm³/mol. The molecule has 0 aromatic heterocycles. The number of rotatable bonds is 3. The minimum absolute atomic E-state index is 0.652. The average Bonchev–Trinajstić information content (AvgIpc) is 2.04. The zero-order chi connectivity index (χ0) is 9.84. The van der Waals surface area contributed by atoms with Crippen molar-refractivity contribution in [2.75, 3.05) is 6.54 Å². The average molecular weight is 240 g/mol. The second-order valence-corrected chi connectivity index (χ2v) is 3.98. The maximum Gasteiger partial charge on any atom is 0.0252 e. The van der Waals surface area contributed by atoms with Gasteiger partial charge in [-0.05, 0) is 42.7 Å². The molecule has 0 bridgehead atoms. The van der Waals surface area contributed by atoms with Crippen LogP contribution >= 0.6 is 15.9 Å². The Labute approximate surface area is 87.8 Å². The third kappa shape index (κ3) is 2.68. The molecule has 0 saturated heterocycles. The van der Waals surface area contributed by atoms with Gasteiger partial charge in [0.15, 0.2) is 0 Å². The highest BCUT2D eigenvalue weighted by Gasteiger charge is 2.02. The quantitative estimate of drug-likeness (QED) is 0.863. The van der Waals surface area contributed by atoms with Gasteiger partial charge in [0.2, 0.25) is 0 Å². The van der Waals surface area contributed by atoms with Crippen LogP contribution in [-0.2, 0) is 0 Å². The normalized spacial score (nSPS) is 10.1. The van der Waals surface area contributed by atoms with Crippen LogP contribution in [0.2, 0.25) is 0 Å². The van der Waals surface area contributed by atoms with Gasteiger partial charge in [0.1, 0.15) is 0 Å². The van der Waals surface area contributed by atoms with E-state index in [0.717, 1.165) is 22.0 Å². The number of aryl methyl sites for hydroxylation is 1. The molecule has 0 fully saturated rings. The first kappa shape index (κ1) is 10.5. The van der Waals surface area contributed by atoms with Crippen LogP contribution in [0.1, 0.15) is 17.5 Å². The fourth-order valence-electron chi connectivity index (χ4n) is 1.22. The Hall–Kier alpha value is -0.600. The van der Waals surface area contributed by atoms with Crippen LogP contribution in [-0.4, -0.2) is 6.54 Å². The maximum atomic E-state index is 5.47. The van der Waals surface area contributed by atoms with Gasteiger partial charge in [-0.3, -0.25) is 0 Å². The molecule has 0 unspecified atom stereocenters. The summed E-state index contributed by atoms with van der Waals surface area (Å²) in [5.41, 5.74) is 8.97. The molecule has 2 N–H and O–H groups in total. The van der Waals surface area contributed by atoms with E-state index < -0.39 is 0 Å². The number of halogens is 1. The molecule has 0 aliphatic heterocycles. The van der Waals surface area contributed by atoms with Crippen molar-refractivity contribution < 1.29 is 0 Å². The second kappa shape index (κ2) is 4.58. The molecule has 1 rings (SSSR count). The Morgan fingerprint density at radius 1 is 1.54 bits per heavy atom. The Morgan fingerprint density at radius 2 is 2.23 bits per heavy atom. The van der Waals surface area contributed by atoms with Gasteiger partial charge in [-0.2, -0.15) is 0 Å². The third-order valence-electron chi connectivity index (χ3n) is 1.95. The Kier molecular flexibility index (Phi) is 3.70. The maximum absolute atomic E-state index is 5.47. The van der Waals surface area contributed by atoms with E-state index in [2.05, 4.69) is 47.6 Å². The van der Waals surface area contributed by atoms with Gasteiger partial charge in [0.05, 0.1) is 0 Å². The molecule has 13 heavy (non-hydrogen) atoms. The van der Waals surface area contributed by atoms with E-state index in [1.807, 2.05) is 0 Å². The Morgan fingerprint density at radius 3 is 2.77 bits per heavy atom. The molecule has 0 aliphatic carbocycles. The van der Waals surface area contributed by atoms with Gasteiger partial charge in [-0.25, -0.2) is 0 Å². The zero-order valence-electron chi connectivity index (χ0n) is 7.81. The molecule has 0 saturated carbocycles. The van der Waals surface area contributed by atoms with Crippen LogP contribution in [0, 0.1) is 6.92 Å². The molecule has 0 atom stereocenters. The SMILES string of the molecule is C=C(CCN)c1ccc(C)cc1Br. The number of hydrogen-bond acceptors (Lipinski definition) is 1. The van der Waals surface area contributed by atoms with E-state index in [4.69, 9.17) is 5.73 Å². The molecule has 0 heterocycles. The highest BCUT2D eigenvalue weighted by atomic mass is 79.9. The molecule has 1 aromatic rings. The molecule has 2 heteroatoms.